The highest BCUT2D eigenvalue weighted by Gasteiger charge is 2.43. The van der Waals surface area contributed by atoms with E-state index < -0.39 is 12.0 Å². The lowest BCUT2D eigenvalue weighted by molar-refractivity contribution is -0.145. The maximum atomic E-state index is 13.4. The Morgan fingerprint density at radius 3 is 2.35 bits per heavy atom. The van der Waals surface area contributed by atoms with E-state index in [2.05, 4.69) is 6.92 Å². The first-order valence-corrected chi connectivity index (χ1v) is 9.86. The standard InChI is InChI=1S/C19H27NO5S/c1-5-6-7-11-16-20(13(12-26-16)19(22)25-4)18(21)17-14(23-2)9-8-10-15(17)24-3/h8-10,13,16H,5-7,11-12H2,1-4H3. The second-order valence-corrected chi connectivity index (χ2v) is 7.28. The quantitative estimate of drug-likeness (QED) is 0.508. The number of nitrogens with zero attached hydrogens (tertiary/aromatic N) is 1. The summed E-state index contributed by atoms with van der Waals surface area (Å²) in [5.74, 6) is 0.746. The molecule has 6 nitrogen and oxygen atoms in total. The number of benzene rings is 1. The Hall–Kier alpha value is -1.89. The fourth-order valence-corrected chi connectivity index (χ4v) is 4.57. The summed E-state index contributed by atoms with van der Waals surface area (Å²) in [4.78, 5) is 27.3. The molecule has 1 aliphatic heterocycles. The molecule has 1 saturated heterocycles. The topological polar surface area (TPSA) is 65.1 Å². The molecule has 2 rings (SSSR count). The third kappa shape index (κ3) is 4.26. The number of hydrogen-bond acceptors (Lipinski definition) is 6. The van der Waals surface area contributed by atoms with Crippen LogP contribution in [-0.2, 0) is 9.53 Å². The Balaban J connectivity index is 2.38. The molecule has 26 heavy (non-hydrogen) atoms. The zero-order valence-electron chi connectivity index (χ0n) is 15.8. The molecule has 1 fully saturated rings. The summed E-state index contributed by atoms with van der Waals surface area (Å²) in [5, 5.41) is -0.0623. The lowest BCUT2D eigenvalue weighted by Crippen LogP contribution is -2.46. The summed E-state index contributed by atoms with van der Waals surface area (Å²) in [7, 11) is 4.38. The Morgan fingerprint density at radius 2 is 1.81 bits per heavy atom. The molecule has 0 radical (unpaired) electrons. The maximum absolute atomic E-state index is 13.4. The van der Waals surface area contributed by atoms with Gasteiger partial charge >= 0.3 is 5.97 Å². The van der Waals surface area contributed by atoms with Crippen molar-refractivity contribution in [3.8, 4) is 11.5 Å². The first kappa shape index (κ1) is 20.4. The van der Waals surface area contributed by atoms with Crippen molar-refractivity contribution < 1.29 is 23.8 Å². The second kappa shape index (κ2) is 9.71. The molecule has 2 unspecified atom stereocenters. The van der Waals surface area contributed by atoms with Crippen molar-refractivity contribution in [3.63, 3.8) is 0 Å². The van der Waals surface area contributed by atoms with E-state index >= 15 is 0 Å². The van der Waals surface area contributed by atoms with Crippen LogP contribution in [0.2, 0.25) is 0 Å². The van der Waals surface area contributed by atoms with Crippen LogP contribution in [0, 0.1) is 0 Å². The van der Waals surface area contributed by atoms with Crippen LogP contribution < -0.4 is 9.47 Å². The molecule has 1 aliphatic rings. The Morgan fingerprint density at radius 1 is 1.15 bits per heavy atom. The number of rotatable bonds is 8. The first-order chi connectivity index (χ1) is 12.6. The number of ether oxygens (including phenoxy) is 3. The van der Waals surface area contributed by atoms with E-state index in [4.69, 9.17) is 14.2 Å². The molecule has 0 spiro atoms. The average molecular weight is 381 g/mol. The van der Waals surface area contributed by atoms with Crippen LogP contribution in [0.1, 0.15) is 43.0 Å². The van der Waals surface area contributed by atoms with E-state index in [0.29, 0.717) is 22.8 Å². The largest absolute Gasteiger partial charge is 0.496 e. The van der Waals surface area contributed by atoms with Gasteiger partial charge in [0.25, 0.3) is 5.91 Å². The van der Waals surface area contributed by atoms with Gasteiger partial charge in [-0.15, -0.1) is 11.8 Å². The van der Waals surface area contributed by atoms with Crippen LogP contribution in [0.4, 0.5) is 0 Å². The zero-order chi connectivity index (χ0) is 19.1. The van der Waals surface area contributed by atoms with Crippen molar-refractivity contribution in [3.05, 3.63) is 23.8 Å². The van der Waals surface area contributed by atoms with E-state index in [9.17, 15) is 9.59 Å². The highest BCUT2D eigenvalue weighted by molar-refractivity contribution is 8.00. The molecule has 0 aromatic heterocycles. The van der Waals surface area contributed by atoms with Gasteiger partial charge < -0.3 is 19.1 Å². The fraction of sp³-hybridized carbons (Fsp3) is 0.579. The molecule has 1 aromatic rings. The smallest absolute Gasteiger partial charge is 0.329 e. The van der Waals surface area contributed by atoms with E-state index in [1.165, 1.54) is 21.3 Å². The monoisotopic (exact) mass is 381 g/mol. The van der Waals surface area contributed by atoms with Crippen molar-refractivity contribution in [2.75, 3.05) is 27.1 Å². The lowest BCUT2D eigenvalue weighted by atomic mass is 10.1. The van der Waals surface area contributed by atoms with Crippen LogP contribution in [0.15, 0.2) is 18.2 Å². The Kier molecular flexibility index (Phi) is 7.63. The van der Waals surface area contributed by atoms with Crippen molar-refractivity contribution in [2.45, 2.75) is 44.0 Å². The minimum absolute atomic E-state index is 0.0623. The van der Waals surface area contributed by atoms with Gasteiger partial charge in [-0.3, -0.25) is 4.79 Å². The normalized spacial score (nSPS) is 19.3. The molecular formula is C19H27NO5S. The molecule has 2 atom stereocenters. The molecule has 144 valence electrons. The molecule has 0 bridgehead atoms. The van der Waals surface area contributed by atoms with Crippen LogP contribution in [0.25, 0.3) is 0 Å². The molecule has 0 aliphatic carbocycles. The van der Waals surface area contributed by atoms with Crippen LogP contribution >= 0.6 is 11.8 Å². The van der Waals surface area contributed by atoms with E-state index in [1.807, 2.05) is 0 Å². The van der Waals surface area contributed by atoms with Gasteiger partial charge in [-0.2, -0.15) is 0 Å². The molecular weight excluding hydrogens is 354 g/mol. The minimum atomic E-state index is -0.598. The molecule has 1 amide bonds. The van der Waals surface area contributed by atoms with Gasteiger partial charge in [0.05, 0.1) is 26.7 Å². The van der Waals surface area contributed by atoms with E-state index in [1.54, 1.807) is 34.9 Å². The summed E-state index contributed by atoms with van der Waals surface area (Å²) >= 11 is 1.63. The van der Waals surface area contributed by atoms with Crippen molar-refractivity contribution in [1.82, 2.24) is 4.90 Å². The number of hydrogen-bond donors (Lipinski definition) is 0. The van der Waals surface area contributed by atoms with Gasteiger partial charge in [0, 0.05) is 5.75 Å². The number of unbranched alkanes of at least 4 members (excludes halogenated alkanes) is 2. The minimum Gasteiger partial charge on any atom is -0.496 e. The number of thioether (sulfide) groups is 1. The first-order valence-electron chi connectivity index (χ1n) is 8.82. The van der Waals surface area contributed by atoms with Gasteiger partial charge in [-0.05, 0) is 18.6 Å². The number of amides is 1. The number of esters is 1. The van der Waals surface area contributed by atoms with Crippen LogP contribution in [0.5, 0.6) is 11.5 Å². The third-order valence-electron chi connectivity index (χ3n) is 4.50. The molecule has 7 heteroatoms. The highest BCUT2D eigenvalue weighted by Crippen LogP contribution is 2.38. The molecule has 0 N–H and O–H groups in total. The van der Waals surface area contributed by atoms with Crippen LogP contribution in [-0.4, -0.2) is 55.3 Å². The number of methoxy groups -OCH3 is 3. The third-order valence-corrected chi connectivity index (χ3v) is 5.85. The lowest BCUT2D eigenvalue weighted by Gasteiger charge is -2.29. The summed E-state index contributed by atoms with van der Waals surface area (Å²) < 4.78 is 15.7. The van der Waals surface area contributed by atoms with Gasteiger partial charge in [0.2, 0.25) is 0 Å². The molecule has 1 aromatic carbocycles. The predicted molar refractivity (Wildman–Crippen MR) is 102 cm³/mol. The summed E-state index contributed by atoms with van der Waals surface area (Å²) in [5.41, 5.74) is 0.342. The number of carbonyl (C=O) groups excluding carboxylic acids is 2. The van der Waals surface area contributed by atoms with Gasteiger partial charge in [0.15, 0.2) is 0 Å². The molecule has 1 heterocycles. The SMILES string of the molecule is CCCCCC1SCC(C(=O)OC)N1C(=O)c1c(OC)cccc1OC. The Labute approximate surface area is 159 Å². The van der Waals surface area contributed by atoms with Gasteiger partial charge in [-0.25, -0.2) is 4.79 Å². The summed E-state index contributed by atoms with van der Waals surface area (Å²) in [6.45, 7) is 2.14. The van der Waals surface area contributed by atoms with E-state index in [-0.39, 0.29) is 11.3 Å². The summed E-state index contributed by atoms with van der Waals surface area (Å²) in [6.07, 6.45) is 4.05. The van der Waals surface area contributed by atoms with Crippen molar-refractivity contribution in [1.29, 1.82) is 0 Å². The van der Waals surface area contributed by atoms with Crippen molar-refractivity contribution >= 4 is 23.6 Å². The average Bonchev–Trinajstić information content (AvgIpc) is 3.10. The summed E-state index contributed by atoms with van der Waals surface area (Å²) in [6, 6.07) is 4.61. The zero-order valence-corrected chi connectivity index (χ0v) is 16.6. The highest BCUT2D eigenvalue weighted by atomic mass is 32.2. The Bertz CT molecular complexity index is 614. The number of carbonyl (C=O) groups is 2. The predicted octanol–water partition coefficient (Wildman–Crippen LogP) is 3.34. The second-order valence-electron chi connectivity index (χ2n) is 6.07. The van der Waals surface area contributed by atoms with Gasteiger partial charge in [0.1, 0.15) is 23.1 Å². The molecule has 0 saturated carbocycles. The van der Waals surface area contributed by atoms with Gasteiger partial charge in [-0.1, -0.05) is 32.3 Å². The maximum Gasteiger partial charge on any atom is 0.329 e. The van der Waals surface area contributed by atoms with Crippen LogP contribution in [0.3, 0.4) is 0 Å². The fourth-order valence-electron chi connectivity index (χ4n) is 3.14. The van der Waals surface area contributed by atoms with Crippen molar-refractivity contribution in [2.24, 2.45) is 0 Å². The van der Waals surface area contributed by atoms with E-state index in [0.717, 1.165) is 25.7 Å².